The van der Waals surface area contributed by atoms with Crippen LogP contribution in [-0.2, 0) is 11.2 Å². The van der Waals surface area contributed by atoms with Gasteiger partial charge in [0.2, 0.25) is 5.91 Å². The minimum absolute atomic E-state index is 0.00543. The monoisotopic (exact) mass is 344 g/mol. The lowest BCUT2D eigenvalue weighted by molar-refractivity contribution is -1.11. The van der Waals surface area contributed by atoms with E-state index in [9.17, 15) is 10.0 Å². The molecule has 2 bridgehead atoms. The van der Waals surface area contributed by atoms with Gasteiger partial charge in [0, 0.05) is 38.5 Å². The molecule has 1 amide bonds. The molecule has 0 saturated carbocycles. The summed E-state index contributed by atoms with van der Waals surface area (Å²) in [6.07, 6.45) is 4.08. The lowest BCUT2D eigenvalue weighted by Crippen LogP contribution is -2.63. The van der Waals surface area contributed by atoms with Crippen LogP contribution < -0.4 is 5.32 Å². The van der Waals surface area contributed by atoms with Crippen LogP contribution in [0.2, 0.25) is 0 Å². The molecule has 0 radical (unpaired) electrons. The third kappa shape index (κ3) is 3.89. The molecule has 4 heterocycles. The van der Waals surface area contributed by atoms with Gasteiger partial charge < -0.3 is 10.2 Å². The quantitative estimate of drug-likeness (QED) is 0.799. The topological polar surface area (TPSA) is 52.6 Å². The number of carbonyl (C=O) groups is 1. The smallest absolute Gasteiger partial charge is 0.229 e. The van der Waals surface area contributed by atoms with E-state index in [4.69, 9.17) is 0 Å². The molecule has 1 unspecified atom stereocenters. The second kappa shape index (κ2) is 7.06. The Kier molecular flexibility index (Phi) is 4.80. The fourth-order valence-electron chi connectivity index (χ4n) is 4.86. The number of carbonyl (C=O) groups excluding carboxylic acids is 1. The Bertz CT molecular complexity index is 598. The third-order valence-electron chi connectivity index (χ3n) is 6.45. The molecule has 0 spiro atoms. The highest BCUT2D eigenvalue weighted by Crippen LogP contribution is 2.36. The predicted octanol–water partition coefficient (Wildman–Crippen LogP) is 1.67. The first kappa shape index (κ1) is 17.0. The highest BCUT2D eigenvalue weighted by atomic mass is 16.5. The summed E-state index contributed by atoms with van der Waals surface area (Å²) < 4.78 is 0.114. The van der Waals surface area contributed by atoms with Crippen molar-refractivity contribution >= 4 is 5.91 Å². The number of rotatable bonds is 5. The third-order valence-corrected chi connectivity index (χ3v) is 6.45. The van der Waals surface area contributed by atoms with E-state index in [1.807, 2.05) is 0 Å². The molecule has 0 aliphatic carbocycles. The van der Waals surface area contributed by atoms with Gasteiger partial charge in [-0.2, -0.15) is 4.65 Å². The van der Waals surface area contributed by atoms with Gasteiger partial charge in [-0.25, -0.2) is 5.21 Å². The van der Waals surface area contributed by atoms with Crippen molar-refractivity contribution < 1.29 is 14.6 Å². The fourth-order valence-corrected chi connectivity index (χ4v) is 4.86. The molecule has 4 saturated heterocycles. The van der Waals surface area contributed by atoms with Crippen molar-refractivity contribution in [3.63, 3.8) is 0 Å². The summed E-state index contributed by atoms with van der Waals surface area (Å²) >= 11 is 0. The van der Waals surface area contributed by atoms with Gasteiger partial charge in [-0.1, -0.05) is 30.3 Å². The number of hydroxylamine groups is 3. The van der Waals surface area contributed by atoms with E-state index in [-0.39, 0.29) is 22.5 Å². The van der Waals surface area contributed by atoms with E-state index < -0.39 is 0 Å². The maximum absolute atomic E-state index is 12.7. The van der Waals surface area contributed by atoms with E-state index in [0.717, 1.165) is 58.4 Å². The van der Waals surface area contributed by atoms with Gasteiger partial charge in [-0.15, -0.1) is 0 Å². The van der Waals surface area contributed by atoms with Gasteiger partial charge in [-0.3, -0.25) is 4.79 Å². The van der Waals surface area contributed by atoms with Crippen molar-refractivity contribution in [3.05, 3.63) is 35.9 Å². The van der Waals surface area contributed by atoms with E-state index in [1.165, 1.54) is 5.56 Å². The first-order chi connectivity index (χ1) is 12.1. The van der Waals surface area contributed by atoms with Crippen LogP contribution in [0.25, 0.3) is 0 Å². The van der Waals surface area contributed by atoms with Crippen molar-refractivity contribution in [1.82, 2.24) is 10.2 Å². The largest absolute Gasteiger partial charge is 0.352 e. The molecule has 1 aromatic carbocycles. The number of benzene rings is 1. The average Bonchev–Trinajstić information content (AvgIpc) is 3.08. The molecular formula is C20H30N3O2+. The number of nitrogens with one attached hydrogen (secondary N) is 1. The van der Waals surface area contributed by atoms with E-state index in [1.54, 1.807) is 0 Å². The molecule has 4 aliphatic rings. The summed E-state index contributed by atoms with van der Waals surface area (Å²) in [5.41, 5.74) is 1.37. The number of hydrogen-bond acceptors (Lipinski definition) is 3. The second-order valence-electron chi connectivity index (χ2n) is 8.20. The SMILES string of the molecule is O=C(N[C@H]1CCN(CCc2ccccc2)C1)C1C[N+]2(O)CCC1CC2. The highest BCUT2D eigenvalue weighted by Gasteiger charge is 2.49. The summed E-state index contributed by atoms with van der Waals surface area (Å²) in [5, 5.41) is 13.7. The zero-order valence-corrected chi connectivity index (χ0v) is 14.9. The molecule has 4 fully saturated rings. The molecular weight excluding hydrogens is 314 g/mol. The Labute approximate surface area is 150 Å². The first-order valence-corrected chi connectivity index (χ1v) is 9.77. The lowest BCUT2D eigenvalue weighted by Gasteiger charge is -2.46. The van der Waals surface area contributed by atoms with E-state index in [0.29, 0.717) is 12.5 Å². The Morgan fingerprint density at radius 2 is 1.96 bits per heavy atom. The fraction of sp³-hybridized carbons (Fsp3) is 0.650. The molecule has 1 aromatic rings. The minimum atomic E-state index is 0.00543. The Balaban J connectivity index is 1.24. The van der Waals surface area contributed by atoms with Crippen molar-refractivity contribution in [2.24, 2.45) is 11.8 Å². The van der Waals surface area contributed by atoms with E-state index >= 15 is 0 Å². The molecule has 2 N–H and O–H groups in total. The van der Waals surface area contributed by atoms with Crippen LogP contribution in [0.5, 0.6) is 0 Å². The molecule has 5 nitrogen and oxygen atoms in total. The summed E-state index contributed by atoms with van der Waals surface area (Å²) in [6, 6.07) is 10.9. The lowest BCUT2D eigenvalue weighted by atomic mass is 9.78. The number of nitrogens with zero attached hydrogens (tertiary/aromatic N) is 2. The zero-order valence-electron chi connectivity index (χ0n) is 14.9. The zero-order chi connectivity index (χ0) is 17.3. The Hall–Kier alpha value is -1.43. The molecule has 136 valence electrons. The van der Waals surface area contributed by atoms with Gasteiger partial charge >= 0.3 is 0 Å². The summed E-state index contributed by atoms with van der Waals surface area (Å²) in [6.45, 7) is 5.33. The Morgan fingerprint density at radius 1 is 1.20 bits per heavy atom. The van der Waals surface area contributed by atoms with Crippen LogP contribution in [0.3, 0.4) is 0 Å². The summed E-state index contributed by atoms with van der Waals surface area (Å²) in [5.74, 6) is 0.657. The molecule has 2 atom stereocenters. The second-order valence-corrected chi connectivity index (χ2v) is 8.20. The van der Waals surface area contributed by atoms with E-state index in [2.05, 4.69) is 40.5 Å². The van der Waals surface area contributed by atoms with Crippen LogP contribution in [-0.4, -0.2) is 66.0 Å². The highest BCUT2D eigenvalue weighted by molar-refractivity contribution is 5.79. The van der Waals surface area contributed by atoms with Gasteiger partial charge in [0.1, 0.15) is 19.6 Å². The maximum atomic E-state index is 12.7. The maximum Gasteiger partial charge on any atom is 0.229 e. The van der Waals surface area contributed by atoms with Gasteiger partial charge in [0.25, 0.3) is 0 Å². The number of piperidine rings is 3. The number of quaternary nitrogens is 1. The van der Waals surface area contributed by atoms with Crippen LogP contribution in [0.15, 0.2) is 30.3 Å². The van der Waals surface area contributed by atoms with Crippen molar-refractivity contribution in [2.45, 2.75) is 31.7 Å². The van der Waals surface area contributed by atoms with Crippen LogP contribution in [0, 0.1) is 11.8 Å². The average molecular weight is 344 g/mol. The summed E-state index contributed by atoms with van der Waals surface area (Å²) in [7, 11) is 0. The molecule has 5 heteroatoms. The van der Waals surface area contributed by atoms with Crippen molar-refractivity contribution in [1.29, 1.82) is 0 Å². The van der Waals surface area contributed by atoms with Crippen LogP contribution in [0.4, 0.5) is 0 Å². The van der Waals surface area contributed by atoms with Crippen LogP contribution in [0.1, 0.15) is 24.8 Å². The number of amides is 1. The van der Waals surface area contributed by atoms with Crippen LogP contribution >= 0.6 is 0 Å². The van der Waals surface area contributed by atoms with Crippen molar-refractivity contribution in [2.75, 3.05) is 39.3 Å². The molecule has 0 aromatic heterocycles. The molecule has 25 heavy (non-hydrogen) atoms. The molecule has 4 aliphatic heterocycles. The number of likely N-dealkylation sites (tertiary alicyclic amines) is 1. The first-order valence-electron chi connectivity index (χ1n) is 9.77. The standard InChI is InChI=1S/C20H29N3O2/c24-20(19-15-23(25)12-8-17(19)9-13-23)21-18-7-11-22(14-18)10-6-16-4-2-1-3-5-16/h1-5,17-19,25H,6-15H2/p+1/t17?,18-,19?,23?/m0/s1. The van der Waals surface area contributed by atoms with Crippen molar-refractivity contribution in [3.8, 4) is 0 Å². The molecule has 5 rings (SSSR count). The van der Waals surface area contributed by atoms with Gasteiger partial charge in [-0.05, 0) is 24.3 Å². The minimum Gasteiger partial charge on any atom is -0.352 e. The normalized spacial score (nSPS) is 35.0. The van der Waals surface area contributed by atoms with Gasteiger partial charge in [0.05, 0.1) is 5.92 Å². The number of hydrogen-bond donors (Lipinski definition) is 2. The predicted molar refractivity (Wildman–Crippen MR) is 96.0 cm³/mol. The van der Waals surface area contributed by atoms with Gasteiger partial charge in [0.15, 0.2) is 0 Å². The Morgan fingerprint density at radius 3 is 2.68 bits per heavy atom. The summed E-state index contributed by atoms with van der Waals surface area (Å²) in [4.78, 5) is 15.2. The number of fused-ring (bicyclic) bond motifs is 3.